The first-order valence-electron chi connectivity index (χ1n) is 4.39. The lowest BCUT2D eigenvalue weighted by Gasteiger charge is -2.28. The maximum absolute atomic E-state index is 11.1. The Morgan fingerprint density at radius 2 is 2.43 bits per heavy atom. The smallest absolute Gasteiger partial charge is 0.239 e. The first-order valence-corrected chi connectivity index (χ1v) is 4.77. The van der Waals surface area contributed by atoms with E-state index in [-0.39, 0.29) is 5.91 Å². The topological polar surface area (TPSA) is 45.2 Å². The maximum Gasteiger partial charge on any atom is 0.239 e. The van der Waals surface area contributed by atoms with Gasteiger partial charge < -0.3 is 10.2 Å². The van der Waals surface area contributed by atoms with Crippen molar-refractivity contribution < 1.29 is 4.79 Å². The predicted molar refractivity (Wildman–Crippen MR) is 54.5 cm³/mol. The van der Waals surface area contributed by atoms with Gasteiger partial charge in [-0.05, 0) is 12.1 Å². The van der Waals surface area contributed by atoms with Crippen molar-refractivity contribution >= 4 is 23.2 Å². The number of anilines is 1. The number of halogens is 1. The van der Waals surface area contributed by atoms with E-state index in [9.17, 15) is 4.79 Å². The number of pyridine rings is 1. The van der Waals surface area contributed by atoms with Gasteiger partial charge in [-0.1, -0.05) is 11.6 Å². The van der Waals surface area contributed by atoms with Crippen LogP contribution in [-0.4, -0.2) is 30.5 Å². The standard InChI is InChI=1S/C9H10ClN3O/c10-8-5-7(1-2-11-8)13-4-3-12-9(14)6-13/h1-2,5H,3-4,6H2,(H,12,14). The van der Waals surface area contributed by atoms with Crippen molar-refractivity contribution in [2.45, 2.75) is 0 Å². The van der Waals surface area contributed by atoms with Gasteiger partial charge in [-0.3, -0.25) is 4.79 Å². The van der Waals surface area contributed by atoms with Gasteiger partial charge in [0.05, 0.1) is 6.54 Å². The zero-order chi connectivity index (χ0) is 9.97. The lowest BCUT2D eigenvalue weighted by atomic mass is 10.3. The summed E-state index contributed by atoms with van der Waals surface area (Å²) < 4.78 is 0. The molecule has 0 unspecified atom stereocenters. The summed E-state index contributed by atoms with van der Waals surface area (Å²) in [6.07, 6.45) is 1.64. The van der Waals surface area contributed by atoms with E-state index < -0.39 is 0 Å². The fourth-order valence-electron chi connectivity index (χ4n) is 1.45. The minimum absolute atomic E-state index is 0.0455. The average Bonchev–Trinajstić information content (AvgIpc) is 2.18. The van der Waals surface area contributed by atoms with Gasteiger partial charge in [0.25, 0.3) is 0 Å². The van der Waals surface area contributed by atoms with E-state index in [4.69, 9.17) is 11.6 Å². The fraction of sp³-hybridized carbons (Fsp3) is 0.333. The monoisotopic (exact) mass is 211 g/mol. The molecule has 1 aromatic heterocycles. The molecule has 0 saturated carbocycles. The second kappa shape index (κ2) is 3.84. The Hall–Kier alpha value is -1.29. The van der Waals surface area contributed by atoms with Crippen LogP contribution in [0, 0.1) is 0 Å². The Bertz CT molecular complexity index is 356. The van der Waals surface area contributed by atoms with E-state index in [1.54, 1.807) is 12.3 Å². The van der Waals surface area contributed by atoms with Crippen molar-refractivity contribution in [3.05, 3.63) is 23.5 Å². The molecule has 14 heavy (non-hydrogen) atoms. The van der Waals surface area contributed by atoms with E-state index in [1.807, 2.05) is 11.0 Å². The van der Waals surface area contributed by atoms with Crippen molar-refractivity contribution in [1.82, 2.24) is 10.3 Å². The third-order valence-electron chi connectivity index (χ3n) is 2.11. The highest BCUT2D eigenvalue weighted by Crippen LogP contribution is 2.17. The molecule has 1 fully saturated rings. The predicted octanol–water partition coefficient (Wildman–Crippen LogP) is 0.671. The lowest BCUT2D eigenvalue weighted by molar-refractivity contribution is -0.120. The van der Waals surface area contributed by atoms with Gasteiger partial charge in [0.2, 0.25) is 5.91 Å². The van der Waals surface area contributed by atoms with Crippen LogP contribution in [0.4, 0.5) is 5.69 Å². The Morgan fingerprint density at radius 1 is 1.57 bits per heavy atom. The zero-order valence-corrected chi connectivity index (χ0v) is 8.29. The summed E-state index contributed by atoms with van der Waals surface area (Å²) in [6, 6.07) is 3.62. The second-order valence-electron chi connectivity index (χ2n) is 3.11. The van der Waals surface area contributed by atoms with Crippen LogP contribution in [0.25, 0.3) is 0 Å². The number of carbonyl (C=O) groups excluding carboxylic acids is 1. The summed E-state index contributed by atoms with van der Waals surface area (Å²) in [7, 11) is 0. The molecule has 1 aromatic rings. The molecule has 1 aliphatic rings. The molecule has 5 heteroatoms. The number of hydrogen-bond donors (Lipinski definition) is 1. The molecule has 1 amide bonds. The molecule has 1 saturated heterocycles. The minimum atomic E-state index is 0.0455. The molecule has 74 valence electrons. The molecule has 0 aromatic carbocycles. The van der Waals surface area contributed by atoms with E-state index >= 15 is 0 Å². The molecule has 0 bridgehead atoms. The second-order valence-corrected chi connectivity index (χ2v) is 3.50. The summed E-state index contributed by atoms with van der Waals surface area (Å²) in [5.74, 6) is 0.0455. The van der Waals surface area contributed by atoms with Crippen LogP contribution in [0.2, 0.25) is 5.15 Å². The molecule has 0 aliphatic carbocycles. The molecule has 1 N–H and O–H groups in total. The van der Waals surface area contributed by atoms with Crippen LogP contribution in [0.1, 0.15) is 0 Å². The Labute approximate surface area is 86.9 Å². The summed E-state index contributed by atoms with van der Waals surface area (Å²) in [5.41, 5.74) is 0.944. The summed E-state index contributed by atoms with van der Waals surface area (Å²) in [4.78, 5) is 17.0. The third-order valence-corrected chi connectivity index (χ3v) is 2.32. The molecule has 2 heterocycles. The number of amides is 1. The van der Waals surface area contributed by atoms with Crippen molar-refractivity contribution in [3.63, 3.8) is 0 Å². The van der Waals surface area contributed by atoms with Gasteiger partial charge in [-0.2, -0.15) is 0 Å². The fourth-order valence-corrected chi connectivity index (χ4v) is 1.62. The lowest BCUT2D eigenvalue weighted by Crippen LogP contribution is -2.47. The van der Waals surface area contributed by atoms with Crippen LogP contribution < -0.4 is 10.2 Å². The molecule has 0 atom stereocenters. The SMILES string of the molecule is O=C1CN(c2ccnc(Cl)c2)CCN1. The summed E-state index contributed by atoms with van der Waals surface area (Å²) >= 11 is 5.76. The van der Waals surface area contributed by atoms with E-state index in [0.29, 0.717) is 18.2 Å². The Morgan fingerprint density at radius 3 is 3.14 bits per heavy atom. The zero-order valence-electron chi connectivity index (χ0n) is 7.53. The first-order chi connectivity index (χ1) is 6.75. The number of piperazine rings is 1. The Kier molecular flexibility index (Phi) is 2.54. The highest BCUT2D eigenvalue weighted by Gasteiger charge is 2.16. The number of rotatable bonds is 1. The van der Waals surface area contributed by atoms with Gasteiger partial charge >= 0.3 is 0 Å². The number of hydrogen-bond acceptors (Lipinski definition) is 3. The van der Waals surface area contributed by atoms with Crippen LogP contribution in [-0.2, 0) is 4.79 Å². The maximum atomic E-state index is 11.1. The molecule has 0 spiro atoms. The normalized spacial score (nSPS) is 16.6. The van der Waals surface area contributed by atoms with E-state index in [2.05, 4.69) is 10.3 Å². The van der Waals surface area contributed by atoms with E-state index in [1.165, 1.54) is 0 Å². The van der Waals surface area contributed by atoms with Gasteiger partial charge in [0, 0.05) is 25.0 Å². The Balaban J connectivity index is 2.17. The van der Waals surface area contributed by atoms with Gasteiger partial charge in [-0.25, -0.2) is 4.98 Å². The molecular formula is C9H10ClN3O. The van der Waals surface area contributed by atoms with Crippen LogP contribution in [0.5, 0.6) is 0 Å². The van der Waals surface area contributed by atoms with Crippen LogP contribution in [0.15, 0.2) is 18.3 Å². The number of nitrogens with one attached hydrogen (secondary N) is 1. The number of carbonyl (C=O) groups is 1. The van der Waals surface area contributed by atoms with Crippen molar-refractivity contribution in [1.29, 1.82) is 0 Å². The molecular weight excluding hydrogens is 202 g/mol. The number of aromatic nitrogens is 1. The largest absolute Gasteiger partial charge is 0.360 e. The van der Waals surface area contributed by atoms with Gasteiger partial charge in [0.15, 0.2) is 0 Å². The average molecular weight is 212 g/mol. The summed E-state index contributed by atoms with van der Waals surface area (Å²) in [6.45, 7) is 1.88. The summed E-state index contributed by atoms with van der Waals surface area (Å²) in [5, 5.41) is 3.22. The highest BCUT2D eigenvalue weighted by molar-refractivity contribution is 6.29. The molecule has 0 radical (unpaired) electrons. The van der Waals surface area contributed by atoms with Crippen molar-refractivity contribution in [2.75, 3.05) is 24.5 Å². The molecule has 2 rings (SSSR count). The third kappa shape index (κ3) is 1.96. The van der Waals surface area contributed by atoms with E-state index in [0.717, 1.165) is 12.2 Å². The number of nitrogens with zero attached hydrogens (tertiary/aromatic N) is 2. The molecule has 1 aliphatic heterocycles. The first kappa shape index (κ1) is 9.27. The van der Waals surface area contributed by atoms with Gasteiger partial charge in [0.1, 0.15) is 5.15 Å². The minimum Gasteiger partial charge on any atom is -0.360 e. The quantitative estimate of drug-likeness (QED) is 0.695. The van der Waals surface area contributed by atoms with Gasteiger partial charge in [-0.15, -0.1) is 0 Å². The molecule has 4 nitrogen and oxygen atoms in total. The van der Waals surface area contributed by atoms with Crippen LogP contribution >= 0.6 is 11.6 Å². The van der Waals surface area contributed by atoms with Crippen LogP contribution in [0.3, 0.4) is 0 Å². The van der Waals surface area contributed by atoms with Crippen molar-refractivity contribution in [3.8, 4) is 0 Å². The van der Waals surface area contributed by atoms with Crippen molar-refractivity contribution in [2.24, 2.45) is 0 Å². The highest BCUT2D eigenvalue weighted by atomic mass is 35.5.